The molecule has 1 unspecified atom stereocenters. The van der Waals surface area contributed by atoms with Crippen LogP contribution in [0.4, 0.5) is 0 Å². The Balaban J connectivity index is 2.42. The van der Waals surface area contributed by atoms with Crippen molar-refractivity contribution in [2.24, 2.45) is 0 Å². The standard InChI is InChI=1S/C16H20N2O4/c1-11(16(20)21)17(2)15(19)13-10-18(8-9-22-3)14-7-5-4-6-12(13)14/h4-7,10-11H,8-9H2,1-3H3,(H,20,21). The molecule has 1 N–H and O–H groups in total. The van der Waals surface area contributed by atoms with Crippen LogP contribution < -0.4 is 0 Å². The molecule has 0 saturated carbocycles. The molecule has 0 saturated heterocycles. The number of methoxy groups -OCH3 is 1. The van der Waals surface area contributed by atoms with E-state index in [1.807, 2.05) is 28.8 Å². The number of carboxylic acid groups (broad SMARTS) is 1. The SMILES string of the molecule is COCCn1cc(C(=O)N(C)C(C)C(=O)O)c2ccccc21. The Morgan fingerprint density at radius 3 is 2.68 bits per heavy atom. The second kappa shape index (κ2) is 6.62. The van der Waals surface area contributed by atoms with Crippen molar-refractivity contribution in [3.63, 3.8) is 0 Å². The molecule has 0 aliphatic heterocycles. The molecule has 1 aromatic carbocycles. The summed E-state index contributed by atoms with van der Waals surface area (Å²) in [6.45, 7) is 2.65. The molecule has 0 spiro atoms. The maximum absolute atomic E-state index is 12.6. The zero-order chi connectivity index (χ0) is 16.3. The molecule has 0 aliphatic carbocycles. The van der Waals surface area contributed by atoms with Crippen LogP contribution in [-0.4, -0.2) is 53.3 Å². The van der Waals surface area contributed by atoms with Crippen molar-refractivity contribution in [1.82, 2.24) is 9.47 Å². The molecular weight excluding hydrogens is 284 g/mol. The van der Waals surface area contributed by atoms with Gasteiger partial charge >= 0.3 is 5.97 Å². The molecule has 6 nitrogen and oxygen atoms in total. The molecule has 1 atom stereocenters. The summed E-state index contributed by atoms with van der Waals surface area (Å²) in [6.07, 6.45) is 1.76. The smallest absolute Gasteiger partial charge is 0.326 e. The number of ether oxygens (including phenoxy) is 1. The Kier molecular flexibility index (Phi) is 4.82. The first-order valence-corrected chi connectivity index (χ1v) is 7.04. The lowest BCUT2D eigenvalue weighted by Crippen LogP contribution is -2.40. The average molecular weight is 304 g/mol. The lowest BCUT2D eigenvalue weighted by atomic mass is 10.1. The van der Waals surface area contributed by atoms with Gasteiger partial charge in [-0.1, -0.05) is 18.2 Å². The van der Waals surface area contributed by atoms with Crippen molar-refractivity contribution < 1.29 is 19.4 Å². The number of amides is 1. The van der Waals surface area contributed by atoms with E-state index in [0.29, 0.717) is 18.7 Å². The van der Waals surface area contributed by atoms with Gasteiger partial charge in [-0.15, -0.1) is 0 Å². The Morgan fingerprint density at radius 2 is 2.05 bits per heavy atom. The predicted octanol–water partition coefficient (Wildman–Crippen LogP) is 1.83. The van der Waals surface area contributed by atoms with Crippen molar-refractivity contribution in [3.05, 3.63) is 36.0 Å². The van der Waals surface area contributed by atoms with Crippen molar-refractivity contribution in [3.8, 4) is 0 Å². The van der Waals surface area contributed by atoms with Crippen molar-refractivity contribution in [2.45, 2.75) is 19.5 Å². The van der Waals surface area contributed by atoms with Gasteiger partial charge < -0.3 is 19.3 Å². The lowest BCUT2D eigenvalue weighted by molar-refractivity contribution is -0.141. The summed E-state index contributed by atoms with van der Waals surface area (Å²) in [6, 6.07) is 6.69. The van der Waals surface area contributed by atoms with Crippen LogP contribution in [0, 0.1) is 0 Å². The number of fused-ring (bicyclic) bond motifs is 1. The average Bonchev–Trinajstić information content (AvgIpc) is 2.89. The first-order chi connectivity index (χ1) is 10.5. The van der Waals surface area contributed by atoms with E-state index in [1.54, 1.807) is 13.3 Å². The third kappa shape index (κ3) is 2.96. The quantitative estimate of drug-likeness (QED) is 0.884. The summed E-state index contributed by atoms with van der Waals surface area (Å²) in [5.41, 5.74) is 1.43. The van der Waals surface area contributed by atoms with Gasteiger partial charge in [0.1, 0.15) is 6.04 Å². The van der Waals surface area contributed by atoms with E-state index >= 15 is 0 Å². The number of carboxylic acids is 1. The number of carbonyl (C=O) groups is 2. The molecule has 1 aromatic heterocycles. The predicted molar refractivity (Wildman–Crippen MR) is 83.0 cm³/mol. The van der Waals surface area contributed by atoms with Gasteiger partial charge in [-0.2, -0.15) is 0 Å². The normalized spacial score (nSPS) is 12.3. The molecule has 0 radical (unpaired) electrons. The van der Waals surface area contributed by atoms with E-state index in [1.165, 1.54) is 18.9 Å². The van der Waals surface area contributed by atoms with Crippen LogP contribution in [0.2, 0.25) is 0 Å². The van der Waals surface area contributed by atoms with Gasteiger partial charge in [0.25, 0.3) is 5.91 Å². The van der Waals surface area contributed by atoms with E-state index < -0.39 is 12.0 Å². The topological polar surface area (TPSA) is 71.8 Å². The van der Waals surface area contributed by atoms with E-state index in [0.717, 1.165) is 10.9 Å². The highest BCUT2D eigenvalue weighted by Gasteiger charge is 2.25. The molecule has 0 aliphatic rings. The molecule has 0 fully saturated rings. The number of carbonyl (C=O) groups excluding carboxylic acids is 1. The third-order valence-corrected chi connectivity index (χ3v) is 3.81. The summed E-state index contributed by atoms with van der Waals surface area (Å²) in [5, 5.41) is 9.88. The van der Waals surface area contributed by atoms with Gasteiger partial charge in [-0.05, 0) is 13.0 Å². The summed E-state index contributed by atoms with van der Waals surface area (Å²) >= 11 is 0. The summed E-state index contributed by atoms with van der Waals surface area (Å²) in [4.78, 5) is 24.9. The summed E-state index contributed by atoms with van der Waals surface area (Å²) in [7, 11) is 3.13. The Labute approximate surface area is 128 Å². The Bertz CT molecular complexity index is 693. The van der Waals surface area contributed by atoms with Crippen LogP contribution >= 0.6 is 0 Å². The van der Waals surface area contributed by atoms with E-state index in [4.69, 9.17) is 9.84 Å². The van der Waals surface area contributed by atoms with Crippen LogP contribution in [0.5, 0.6) is 0 Å². The second-order valence-electron chi connectivity index (χ2n) is 5.18. The minimum atomic E-state index is -1.03. The van der Waals surface area contributed by atoms with Crippen LogP contribution in [0.25, 0.3) is 10.9 Å². The molecular formula is C16H20N2O4. The fourth-order valence-corrected chi connectivity index (χ4v) is 2.32. The highest BCUT2D eigenvalue weighted by atomic mass is 16.5. The monoisotopic (exact) mass is 304 g/mol. The first kappa shape index (κ1) is 16.0. The van der Waals surface area contributed by atoms with Crippen molar-refractivity contribution >= 4 is 22.8 Å². The number of hydrogen-bond donors (Lipinski definition) is 1. The minimum absolute atomic E-state index is 0.303. The maximum atomic E-state index is 12.6. The first-order valence-electron chi connectivity index (χ1n) is 7.04. The van der Waals surface area contributed by atoms with Gasteiger partial charge in [-0.3, -0.25) is 4.79 Å². The van der Waals surface area contributed by atoms with Crippen LogP contribution in [0.3, 0.4) is 0 Å². The Morgan fingerprint density at radius 1 is 1.36 bits per heavy atom. The fourth-order valence-electron chi connectivity index (χ4n) is 2.32. The molecule has 1 amide bonds. The van der Waals surface area contributed by atoms with Gasteiger partial charge in [0, 0.05) is 37.8 Å². The lowest BCUT2D eigenvalue weighted by Gasteiger charge is -2.21. The van der Waals surface area contributed by atoms with Crippen molar-refractivity contribution in [2.75, 3.05) is 20.8 Å². The minimum Gasteiger partial charge on any atom is -0.480 e. The van der Waals surface area contributed by atoms with Gasteiger partial charge in [0.15, 0.2) is 0 Å². The van der Waals surface area contributed by atoms with Crippen LogP contribution in [-0.2, 0) is 16.1 Å². The van der Waals surface area contributed by atoms with E-state index in [9.17, 15) is 9.59 Å². The molecule has 6 heteroatoms. The number of aliphatic carboxylic acids is 1. The van der Waals surface area contributed by atoms with E-state index in [2.05, 4.69) is 0 Å². The third-order valence-electron chi connectivity index (χ3n) is 3.81. The summed E-state index contributed by atoms with van der Waals surface area (Å²) < 4.78 is 7.04. The van der Waals surface area contributed by atoms with Gasteiger partial charge in [-0.25, -0.2) is 4.79 Å². The Hall–Kier alpha value is -2.34. The number of hydrogen-bond acceptors (Lipinski definition) is 3. The number of benzene rings is 1. The second-order valence-corrected chi connectivity index (χ2v) is 5.18. The fraction of sp³-hybridized carbons (Fsp3) is 0.375. The molecule has 0 bridgehead atoms. The number of likely N-dealkylation sites (N-methyl/N-ethyl adjacent to an activating group) is 1. The van der Waals surface area contributed by atoms with Crippen LogP contribution in [0.15, 0.2) is 30.5 Å². The number of rotatable bonds is 6. The van der Waals surface area contributed by atoms with Gasteiger partial charge in [0.2, 0.25) is 0 Å². The highest BCUT2D eigenvalue weighted by Crippen LogP contribution is 2.23. The van der Waals surface area contributed by atoms with Crippen LogP contribution in [0.1, 0.15) is 17.3 Å². The number of aromatic nitrogens is 1. The molecule has 1 heterocycles. The number of para-hydroxylation sites is 1. The zero-order valence-corrected chi connectivity index (χ0v) is 12.9. The van der Waals surface area contributed by atoms with Crippen molar-refractivity contribution in [1.29, 1.82) is 0 Å². The van der Waals surface area contributed by atoms with Gasteiger partial charge in [0.05, 0.1) is 12.2 Å². The highest BCUT2D eigenvalue weighted by molar-refractivity contribution is 6.07. The molecule has 118 valence electrons. The van der Waals surface area contributed by atoms with E-state index in [-0.39, 0.29) is 5.91 Å². The molecule has 22 heavy (non-hydrogen) atoms. The molecule has 2 aromatic rings. The summed E-state index contributed by atoms with van der Waals surface area (Å²) in [5.74, 6) is -1.33. The number of nitrogens with zero attached hydrogens (tertiary/aromatic N) is 2. The zero-order valence-electron chi connectivity index (χ0n) is 12.9. The molecule has 2 rings (SSSR count). The maximum Gasteiger partial charge on any atom is 0.326 e. The largest absolute Gasteiger partial charge is 0.480 e.